The second-order valence-corrected chi connectivity index (χ2v) is 4.21. The molecular formula is C13H17NO5. The van der Waals surface area contributed by atoms with Crippen molar-refractivity contribution in [3.8, 4) is 5.75 Å². The molecule has 0 heterocycles. The normalized spacial score (nSPS) is 12.3. The molecule has 19 heavy (non-hydrogen) atoms. The SMILES string of the molecule is CCC(c1ccc(O)cc1)N(CC(=O)O)CC(=O)O. The van der Waals surface area contributed by atoms with E-state index in [4.69, 9.17) is 10.2 Å². The first-order valence-corrected chi connectivity index (χ1v) is 5.90. The number of hydrogen-bond acceptors (Lipinski definition) is 4. The molecule has 0 aliphatic carbocycles. The Morgan fingerprint density at radius 2 is 1.58 bits per heavy atom. The van der Waals surface area contributed by atoms with Crippen molar-refractivity contribution in [3.05, 3.63) is 29.8 Å². The molecule has 1 aromatic rings. The molecule has 0 amide bonds. The number of nitrogens with zero attached hydrogens (tertiary/aromatic N) is 1. The average molecular weight is 267 g/mol. The van der Waals surface area contributed by atoms with Crippen molar-refractivity contribution >= 4 is 11.9 Å². The molecule has 1 aromatic carbocycles. The first-order chi connectivity index (χ1) is 8.93. The van der Waals surface area contributed by atoms with Crippen LogP contribution in [0.2, 0.25) is 0 Å². The number of hydrogen-bond donors (Lipinski definition) is 3. The van der Waals surface area contributed by atoms with Gasteiger partial charge in [-0.2, -0.15) is 0 Å². The summed E-state index contributed by atoms with van der Waals surface area (Å²) in [6.07, 6.45) is 0.575. The zero-order valence-electron chi connectivity index (χ0n) is 10.6. The van der Waals surface area contributed by atoms with Crippen LogP contribution in [0.5, 0.6) is 5.75 Å². The van der Waals surface area contributed by atoms with Gasteiger partial charge < -0.3 is 15.3 Å². The van der Waals surface area contributed by atoms with E-state index in [-0.39, 0.29) is 24.9 Å². The molecule has 3 N–H and O–H groups in total. The van der Waals surface area contributed by atoms with Crippen LogP contribution in [-0.4, -0.2) is 45.2 Å². The molecule has 0 radical (unpaired) electrons. The number of benzene rings is 1. The minimum Gasteiger partial charge on any atom is -0.508 e. The molecule has 0 bridgehead atoms. The topological polar surface area (TPSA) is 98.1 Å². The standard InChI is InChI=1S/C13H17NO5/c1-2-11(9-3-5-10(15)6-4-9)14(7-12(16)17)8-13(18)19/h3-6,11,15H,2,7-8H2,1H3,(H,16,17)(H,18,19). The van der Waals surface area contributed by atoms with Gasteiger partial charge in [0.15, 0.2) is 0 Å². The van der Waals surface area contributed by atoms with Crippen LogP contribution in [-0.2, 0) is 9.59 Å². The quantitative estimate of drug-likeness (QED) is 0.689. The predicted octanol–water partition coefficient (Wildman–Crippen LogP) is 1.31. The highest BCUT2D eigenvalue weighted by Crippen LogP contribution is 2.25. The van der Waals surface area contributed by atoms with Crippen molar-refractivity contribution in [3.63, 3.8) is 0 Å². The summed E-state index contributed by atoms with van der Waals surface area (Å²) in [7, 11) is 0. The summed E-state index contributed by atoms with van der Waals surface area (Å²) in [6.45, 7) is 1.17. The van der Waals surface area contributed by atoms with Gasteiger partial charge in [0.2, 0.25) is 0 Å². The molecule has 6 heteroatoms. The van der Waals surface area contributed by atoms with E-state index in [1.165, 1.54) is 17.0 Å². The van der Waals surface area contributed by atoms with Gasteiger partial charge in [0.1, 0.15) is 5.75 Å². The summed E-state index contributed by atoms with van der Waals surface area (Å²) >= 11 is 0. The molecule has 0 aliphatic rings. The Bertz CT molecular complexity index is 427. The van der Waals surface area contributed by atoms with Gasteiger partial charge in [-0.3, -0.25) is 14.5 Å². The van der Waals surface area contributed by atoms with Gasteiger partial charge in [0.05, 0.1) is 13.1 Å². The van der Waals surface area contributed by atoms with E-state index in [9.17, 15) is 14.7 Å². The Balaban J connectivity index is 2.97. The summed E-state index contributed by atoms with van der Waals surface area (Å²) in [5.74, 6) is -2.03. The molecular weight excluding hydrogens is 250 g/mol. The largest absolute Gasteiger partial charge is 0.508 e. The number of aliphatic carboxylic acids is 2. The first-order valence-electron chi connectivity index (χ1n) is 5.90. The highest BCUT2D eigenvalue weighted by Gasteiger charge is 2.23. The molecule has 0 aromatic heterocycles. The number of phenolic OH excluding ortho intramolecular Hbond substituents is 1. The van der Waals surface area contributed by atoms with Crippen molar-refractivity contribution < 1.29 is 24.9 Å². The molecule has 0 saturated carbocycles. The van der Waals surface area contributed by atoms with Gasteiger partial charge in [0, 0.05) is 6.04 Å². The lowest BCUT2D eigenvalue weighted by atomic mass is 10.0. The number of phenols is 1. The van der Waals surface area contributed by atoms with E-state index in [1.807, 2.05) is 6.92 Å². The van der Waals surface area contributed by atoms with Gasteiger partial charge in [-0.25, -0.2) is 0 Å². The van der Waals surface area contributed by atoms with Gasteiger partial charge in [-0.1, -0.05) is 19.1 Å². The van der Waals surface area contributed by atoms with Crippen LogP contribution < -0.4 is 0 Å². The third kappa shape index (κ3) is 4.59. The van der Waals surface area contributed by atoms with Crippen LogP contribution in [0, 0.1) is 0 Å². The second kappa shape index (κ2) is 6.75. The van der Waals surface area contributed by atoms with Gasteiger partial charge >= 0.3 is 11.9 Å². The fourth-order valence-electron chi connectivity index (χ4n) is 2.02. The smallest absolute Gasteiger partial charge is 0.317 e. The number of carboxylic acids is 2. The molecule has 0 saturated heterocycles. The monoisotopic (exact) mass is 267 g/mol. The molecule has 6 nitrogen and oxygen atoms in total. The highest BCUT2D eigenvalue weighted by atomic mass is 16.4. The minimum absolute atomic E-state index is 0.113. The maximum absolute atomic E-state index is 10.8. The summed E-state index contributed by atoms with van der Waals surface area (Å²) in [6, 6.07) is 6.02. The van der Waals surface area contributed by atoms with E-state index >= 15 is 0 Å². The van der Waals surface area contributed by atoms with E-state index in [2.05, 4.69) is 0 Å². The highest BCUT2D eigenvalue weighted by molar-refractivity contribution is 5.72. The Hall–Kier alpha value is -2.08. The lowest BCUT2D eigenvalue weighted by Gasteiger charge is -2.28. The van der Waals surface area contributed by atoms with Gasteiger partial charge in [-0.05, 0) is 24.1 Å². The maximum atomic E-state index is 10.8. The molecule has 0 aliphatic heterocycles. The van der Waals surface area contributed by atoms with Gasteiger partial charge in [0.25, 0.3) is 0 Å². The second-order valence-electron chi connectivity index (χ2n) is 4.21. The first kappa shape index (κ1) is 15.0. The summed E-state index contributed by atoms with van der Waals surface area (Å²) in [5, 5.41) is 27.0. The average Bonchev–Trinajstić information content (AvgIpc) is 2.30. The lowest BCUT2D eigenvalue weighted by Crippen LogP contribution is -2.37. The fourth-order valence-corrected chi connectivity index (χ4v) is 2.02. The Labute approximate surface area is 110 Å². The van der Waals surface area contributed by atoms with E-state index in [0.29, 0.717) is 6.42 Å². The van der Waals surface area contributed by atoms with E-state index in [1.54, 1.807) is 12.1 Å². The Morgan fingerprint density at radius 3 is 1.95 bits per heavy atom. The van der Waals surface area contributed by atoms with Gasteiger partial charge in [-0.15, -0.1) is 0 Å². The third-order valence-corrected chi connectivity index (χ3v) is 2.78. The molecule has 0 fully saturated rings. The zero-order chi connectivity index (χ0) is 14.4. The van der Waals surface area contributed by atoms with Crippen LogP contribution in [0.1, 0.15) is 24.9 Å². The molecule has 1 atom stereocenters. The number of carbonyl (C=O) groups is 2. The van der Waals surface area contributed by atoms with Crippen LogP contribution in [0.3, 0.4) is 0 Å². The zero-order valence-corrected chi connectivity index (χ0v) is 10.6. The van der Waals surface area contributed by atoms with Crippen molar-refractivity contribution in [1.29, 1.82) is 0 Å². The van der Waals surface area contributed by atoms with E-state index < -0.39 is 11.9 Å². The van der Waals surface area contributed by atoms with Crippen molar-refractivity contribution in [1.82, 2.24) is 4.90 Å². The summed E-state index contributed by atoms with van der Waals surface area (Å²) < 4.78 is 0. The van der Waals surface area contributed by atoms with Crippen LogP contribution >= 0.6 is 0 Å². The van der Waals surface area contributed by atoms with Crippen LogP contribution in [0.4, 0.5) is 0 Å². The number of carboxylic acid groups (broad SMARTS) is 2. The third-order valence-electron chi connectivity index (χ3n) is 2.78. The minimum atomic E-state index is -1.07. The van der Waals surface area contributed by atoms with Crippen LogP contribution in [0.15, 0.2) is 24.3 Å². The molecule has 1 unspecified atom stereocenters. The van der Waals surface area contributed by atoms with Crippen molar-refractivity contribution in [2.45, 2.75) is 19.4 Å². The predicted molar refractivity (Wildman–Crippen MR) is 68.0 cm³/mol. The Kier molecular flexibility index (Phi) is 5.32. The fraction of sp³-hybridized carbons (Fsp3) is 0.385. The summed E-state index contributed by atoms with van der Waals surface area (Å²) in [4.78, 5) is 23.0. The van der Waals surface area contributed by atoms with Crippen molar-refractivity contribution in [2.24, 2.45) is 0 Å². The van der Waals surface area contributed by atoms with E-state index in [0.717, 1.165) is 5.56 Å². The number of aromatic hydroxyl groups is 1. The molecule has 104 valence electrons. The molecule has 0 spiro atoms. The molecule has 1 rings (SSSR count). The number of rotatable bonds is 7. The maximum Gasteiger partial charge on any atom is 0.317 e. The summed E-state index contributed by atoms with van der Waals surface area (Å²) in [5.41, 5.74) is 0.780. The Morgan fingerprint density at radius 1 is 1.11 bits per heavy atom. The van der Waals surface area contributed by atoms with Crippen LogP contribution in [0.25, 0.3) is 0 Å². The lowest BCUT2D eigenvalue weighted by molar-refractivity contribution is -0.143. The van der Waals surface area contributed by atoms with Crippen molar-refractivity contribution in [2.75, 3.05) is 13.1 Å².